The Bertz CT molecular complexity index is 374. The zero-order valence-corrected chi connectivity index (χ0v) is 11.6. The van der Waals surface area contributed by atoms with Gasteiger partial charge in [-0.15, -0.1) is 0 Å². The van der Waals surface area contributed by atoms with Gasteiger partial charge in [0.15, 0.2) is 0 Å². The number of rotatable bonds is 6. The zero-order chi connectivity index (χ0) is 13.5. The molecule has 0 spiro atoms. The number of nitrogens with zero attached hydrogens (tertiary/aromatic N) is 2. The van der Waals surface area contributed by atoms with Crippen LogP contribution in [0.15, 0.2) is 24.3 Å². The Morgan fingerprint density at radius 1 is 1.17 bits per heavy atom. The predicted molar refractivity (Wildman–Crippen MR) is 74.0 cm³/mol. The molecule has 0 heterocycles. The molecule has 0 unspecified atom stereocenters. The fourth-order valence-electron chi connectivity index (χ4n) is 1.62. The van der Waals surface area contributed by atoms with E-state index in [-0.39, 0.29) is 12.5 Å². The van der Waals surface area contributed by atoms with Gasteiger partial charge in [0, 0.05) is 25.9 Å². The first-order valence-electron chi connectivity index (χ1n) is 6.05. The third-order valence-electron chi connectivity index (χ3n) is 2.69. The first kappa shape index (κ1) is 14.7. The number of hydrogen-bond donors (Lipinski definition) is 0. The van der Waals surface area contributed by atoms with Crippen molar-refractivity contribution in [1.29, 1.82) is 0 Å². The number of ether oxygens (including phenoxy) is 1. The highest BCUT2D eigenvalue weighted by Crippen LogP contribution is 2.15. The molecule has 4 nitrogen and oxygen atoms in total. The molecule has 0 bridgehead atoms. The third kappa shape index (κ3) is 4.47. The first-order chi connectivity index (χ1) is 8.54. The van der Waals surface area contributed by atoms with E-state index in [1.54, 1.807) is 4.90 Å². The van der Waals surface area contributed by atoms with Crippen LogP contribution < -0.4 is 4.90 Å². The standard InChI is InChI=1S/C14H22N2O2/c1-12-5-7-13(8-6-12)16(10-9-15(2)3)14(17)11-18-4/h5-8H,9-11H2,1-4H3. The molecule has 0 aromatic heterocycles. The molecule has 100 valence electrons. The largest absolute Gasteiger partial charge is 0.375 e. The minimum absolute atomic E-state index is 0.0109. The second kappa shape index (κ2) is 7.13. The number of likely N-dealkylation sites (N-methyl/N-ethyl adjacent to an activating group) is 1. The van der Waals surface area contributed by atoms with Crippen LogP contribution >= 0.6 is 0 Å². The van der Waals surface area contributed by atoms with Gasteiger partial charge in [-0.2, -0.15) is 0 Å². The van der Waals surface area contributed by atoms with Crippen molar-refractivity contribution in [1.82, 2.24) is 4.90 Å². The molecule has 1 aromatic carbocycles. The Morgan fingerprint density at radius 2 is 1.78 bits per heavy atom. The van der Waals surface area contributed by atoms with E-state index in [9.17, 15) is 4.79 Å². The first-order valence-corrected chi connectivity index (χ1v) is 6.05. The van der Waals surface area contributed by atoms with Crippen LogP contribution in [0.25, 0.3) is 0 Å². The van der Waals surface area contributed by atoms with Gasteiger partial charge in [0.1, 0.15) is 6.61 Å². The van der Waals surface area contributed by atoms with Gasteiger partial charge in [-0.1, -0.05) is 17.7 Å². The summed E-state index contributed by atoms with van der Waals surface area (Å²) >= 11 is 0. The molecule has 18 heavy (non-hydrogen) atoms. The summed E-state index contributed by atoms with van der Waals surface area (Å²) in [7, 11) is 5.53. The normalized spacial score (nSPS) is 10.7. The summed E-state index contributed by atoms with van der Waals surface area (Å²) in [5.41, 5.74) is 2.11. The number of amides is 1. The quantitative estimate of drug-likeness (QED) is 0.767. The van der Waals surface area contributed by atoms with Crippen LogP contribution in [0.5, 0.6) is 0 Å². The lowest BCUT2D eigenvalue weighted by atomic mass is 10.2. The lowest BCUT2D eigenvalue weighted by molar-refractivity contribution is -0.122. The van der Waals surface area contributed by atoms with Gasteiger partial charge in [0.05, 0.1) is 0 Å². The molecule has 1 amide bonds. The molecule has 1 rings (SSSR count). The molecule has 0 aliphatic heterocycles. The topological polar surface area (TPSA) is 32.8 Å². The van der Waals surface area contributed by atoms with Crippen molar-refractivity contribution >= 4 is 11.6 Å². The van der Waals surface area contributed by atoms with E-state index in [1.165, 1.54) is 12.7 Å². The number of anilines is 1. The van der Waals surface area contributed by atoms with E-state index in [0.29, 0.717) is 6.54 Å². The Labute approximate surface area is 109 Å². The fourth-order valence-corrected chi connectivity index (χ4v) is 1.62. The minimum atomic E-state index is -0.0109. The summed E-state index contributed by atoms with van der Waals surface area (Å²) in [5, 5.41) is 0. The maximum absolute atomic E-state index is 12.0. The molecule has 4 heteroatoms. The minimum Gasteiger partial charge on any atom is -0.375 e. The monoisotopic (exact) mass is 250 g/mol. The van der Waals surface area contributed by atoms with Crippen LogP contribution in [0.2, 0.25) is 0 Å². The average molecular weight is 250 g/mol. The molecular weight excluding hydrogens is 228 g/mol. The molecule has 0 aliphatic rings. The number of carbonyl (C=O) groups is 1. The van der Waals surface area contributed by atoms with Gasteiger partial charge in [-0.05, 0) is 33.2 Å². The maximum Gasteiger partial charge on any atom is 0.252 e. The summed E-state index contributed by atoms with van der Waals surface area (Å²) < 4.78 is 4.93. The summed E-state index contributed by atoms with van der Waals surface area (Å²) in [6.45, 7) is 3.63. The number of methoxy groups -OCH3 is 1. The SMILES string of the molecule is COCC(=O)N(CCN(C)C)c1ccc(C)cc1. The number of aryl methyl sites for hydroxylation is 1. The Hall–Kier alpha value is -1.39. The Kier molecular flexibility index (Phi) is 5.82. The predicted octanol–water partition coefficient (Wildman–Crippen LogP) is 1.54. The fraction of sp³-hybridized carbons (Fsp3) is 0.500. The molecule has 0 N–H and O–H groups in total. The van der Waals surface area contributed by atoms with Crippen LogP contribution in [0.1, 0.15) is 5.56 Å². The van der Waals surface area contributed by atoms with Crippen LogP contribution in [-0.4, -0.2) is 51.7 Å². The van der Waals surface area contributed by atoms with Crippen molar-refractivity contribution in [2.45, 2.75) is 6.92 Å². The summed E-state index contributed by atoms with van der Waals surface area (Å²) in [6.07, 6.45) is 0. The van der Waals surface area contributed by atoms with Gasteiger partial charge in [0.25, 0.3) is 5.91 Å². The third-order valence-corrected chi connectivity index (χ3v) is 2.69. The van der Waals surface area contributed by atoms with Crippen LogP contribution in [0.4, 0.5) is 5.69 Å². The van der Waals surface area contributed by atoms with Gasteiger partial charge in [-0.25, -0.2) is 0 Å². The molecular formula is C14H22N2O2. The van der Waals surface area contributed by atoms with Gasteiger partial charge >= 0.3 is 0 Å². The zero-order valence-electron chi connectivity index (χ0n) is 11.6. The highest BCUT2D eigenvalue weighted by Gasteiger charge is 2.15. The van der Waals surface area contributed by atoms with Crippen molar-refractivity contribution < 1.29 is 9.53 Å². The van der Waals surface area contributed by atoms with Crippen LogP contribution in [0.3, 0.4) is 0 Å². The second-order valence-corrected chi connectivity index (χ2v) is 4.62. The lowest BCUT2D eigenvalue weighted by Crippen LogP contribution is -2.38. The molecule has 1 aromatic rings. The second-order valence-electron chi connectivity index (χ2n) is 4.62. The van der Waals surface area contributed by atoms with E-state index in [4.69, 9.17) is 4.74 Å². The summed E-state index contributed by atoms with van der Waals surface area (Å²) in [5.74, 6) is -0.0109. The molecule has 0 radical (unpaired) electrons. The molecule has 0 saturated carbocycles. The Morgan fingerprint density at radius 3 is 2.28 bits per heavy atom. The van der Waals surface area contributed by atoms with E-state index >= 15 is 0 Å². The van der Waals surface area contributed by atoms with E-state index < -0.39 is 0 Å². The summed E-state index contributed by atoms with van der Waals surface area (Å²) in [6, 6.07) is 7.97. The van der Waals surface area contributed by atoms with E-state index in [1.807, 2.05) is 45.3 Å². The lowest BCUT2D eigenvalue weighted by Gasteiger charge is -2.24. The van der Waals surface area contributed by atoms with Gasteiger partial charge in [0.2, 0.25) is 0 Å². The highest BCUT2D eigenvalue weighted by molar-refractivity contribution is 5.94. The maximum atomic E-state index is 12.0. The average Bonchev–Trinajstić information content (AvgIpc) is 2.31. The van der Waals surface area contributed by atoms with Crippen molar-refractivity contribution in [3.63, 3.8) is 0 Å². The molecule has 0 fully saturated rings. The molecule has 0 saturated heterocycles. The van der Waals surface area contributed by atoms with Crippen molar-refractivity contribution in [3.05, 3.63) is 29.8 Å². The van der Waals surface area contributed by atoms with Gasteiger partial charge in [-0.3, -0.25) is 4.79 Å². The molecule has 0 atom stereocenters. The Balaban J connectivity index is 2.82. The molecule has 0 aliphatic carbocycles. The number of benzene rings is 1. The van der Waals surface area contributed by atoms with Gasteiger partial charge < -0.3 is 14.5 Å². The van der Waals surface area contributed by atoms with Crippen molar-refractivity contribution in [2.24, 2.45) is 0 Å². The summed E-state index contributed by atoms with van der Waals surface area (Å²) in [4.78, 5) is 15.8. The van der Waals surface area contributed by atoms with Crippen LogP contribution in [-0.2, 0) is 9.53 Å². The van der Waals surface area contributed by atoms with E-state index in [2.05, 4.69) is 4.90 Å². The number of hydrogen-bond acceptors (Lipinski definition) is 3. The van der Waals surface area contributed by atoms with Crippen molar-refractivity contribution in [3.8, 4) is 0 Å². The van der Waals surface area contributed by atoms with Crippen LogP contribution in [0, 0.1) is 6.92 Å². The van der Waals surface area contributed by atoms with Crippen molar-refractivity contribution in [2.75, 3.05) is 45.8 Å². The smallest absolute Gasteiger partial charge is 0.252 e. The van der Waals surface area contributed by atoms with E-state index in [0.717, 1.165) is 12.2 Å². The number of carbonyl (C=O) groups excluding carboxylic acids is 1. The highest BCUT2D eigenvalue weighted by atomic mass is 16.5.